The van der Waals surface area contributed by atoms with Gasteiger partial charge in [0.1, 0.15) is 23.0 Å². The highest BCUT2D eigenvalue weighted by Crippen LogP contribution is 2.26. The third kappa shape index (κ3) is 4.65. The maximum atomic E-state index is 10.9. The van der Waals surface area contributed by atoms with E-state index in [1.165, 1.54) is 13.8 Å². The molecule has 0 bridgehead atoms. The first-order chi connectivity index (χ1) is 10.0. The topological polar surface area (TPSA) is 61.8 Å². The molecule has 0 unspecified atom stereocenters. The first-order valence-corrected chi connectivity index (χ1v) is 6.28. The second-order valence-corrected chi connectivity index (χ2v) is 4.24. The lowest BCUT2D eigenvalue weighted by molar-refractivity contribution is -0.132. The van der Waals surface area contributed by atoms with Gasteiger partial charge in [-0.1, -0.05) is 6.07 Å². The van der Waals surface area contributed by atoms with Gasteiger partial charge in [-0.3, -0.25) is 9.59 Å². The molecule has 2 aromatic carbocycles. The van der Waals surface area contributed by atoms with Crippen LogP contribution in [0.5, 0.6) is 23.0 Å². The monoisotopic (exact) mass is 286 g/mol. The van der Waals surface area contributed by atoms with Crippen LogP contribution in [0.1, 0.15) is 13.8 Å². The van der Waals surface area contributed by atoms with E-state index in [-0.39, 0.29) is 5.97 Å². The first-order valence-electron chi connectivity index (χ1n) is 6.28. The Morgan fingerprint density at radius 2 is 1.24 bits per heavy atom. The predicted octanol–water partition coefficient (Wildman–Crippen LogP) is 3.33. The number of carbonyl (C=O) groups is 2. The summed E-state index contributed by atoms with van der Waals surface area (Å²) in [4.78, 5) is 21.7. The van der Waals surface area contributed by atoms with E-state index >= 15 is 0 Å². The molecule has 0 aliphatic heterocycles. The molecular weight excluding hydrogens is 272 g/mol. The van der Waals surface area contributed by atoms with E-state index in [2.05, 4.69) is 0 Å². The Morgan fingerprint density at radius 1 is 0.714 bits per heavy atom. The van der Waals surface area contributed by atoms with Gasteiger partial charge in [0, 0.05) is 19.9 Å². The summed E-state index contributed by atoms with van der Waals surface area (Å²) < 4.78 is 15.5. The maximum absolute atomic E-state index is 10.9. The van der Waals surface area contributed by atoms with Crippen LogP contribution in [-0.4, -0.2) is 11.9 Å². The Morgan fingerprint density at radius 3 is 1.86 bits per heavy atom. The molecule has 2 aromatic rings. The second-order valence-electron chi connectivity index (χ2n) is 4.24. The third-order valence-corrected chi connectivity index (χ3v) is 2.39. The lowest BCUT2D eigenvalue weighted by atomic mass is 10.3. The molecule has 5 heteroatoms. The van der Waals surface area contributed by atoms with Gasteiger partial charge in [0.15, 0.2) is 0 Å². The van der Waals surface area contributed by atoms with E-state index in [0.29, 0.717) is 23.0 Å². The van der Waals surface area contributed by atoms with E-state index < -0.39 is 5.97 Å². The summed E-state index contributed by atoms with van der Waals surface area (Å²) in [5.41, 5.74) is 0. The summed E-state index contributed by atoms with van der Waals surface area (Å²) in [7, 11) is 0. The average Bonchev–Trinajstić information content (AvgIpc) is 2.40. The van der Waals surface area contributed by atoms with Gasteiger partial charge in [-0.15, -0.1) is 0 Å². The maximum Gasteiger partial charge on any atom is 0.308 e. The molecule has 0 spiro atoms. The molecule has 5 nitrogen and oxygen atoms in total. The number of esters is 2. The van der Waals surface area contributed by atoms with Crippen molar-refractivity contribution in [2.24, 2.45) is 0 Å². The van der Waals surface area contributed by atoms with Crippen molar-refractivity contribution >= 4 is 11.9 Å². The fraction of sp³-hybridized carbons (Fsp3) is 0.125. The molecule has 21 heavy (non-hydrogen) atoms. The predicted molar refractivity (Wildman–Crippen MR) is 75.6 cm³/mol. The van der Waals surface area contributed by atoms with Crippen molar-refractivity contribution in [1.82, 2.24) is 0 Å². The van der Waals surface area contributed by atoms with Crippen LogP contribution >= 0.6 is 0 Å². The van der Waals surface area contributed by atoms with Crippen LogP contribution in [0.3, 0.4) is 0 Å². The standard InChI is InChI=1S/C16H14O5/c1-11(17)19-13-6-8-14(9-7-13)21-16-5-3-4-15(10-16)20-12(2)18/h3-10H,1-2H3. The normalized spacial score (nSPS) is 9.81. The zero-order valence-corrected chi connectivity index (χ0v) is 11.7. The quantitative estimate of drug-likeness (QED) is 0.637. The van der Waals surface area contributed by atoms with Crippen LogP contribution in [0.4, 0.5) is 0 Å². The Bertz CT molecular complexity index is 646. The van der Waals surface area contributed by atoms with Crippen molar-refractivity contribution in [3.8, 4) is 23.0 Å². The first kappa shape index (κ1) is 14.6. The molecule has 0 atom stereocenters. The van der Waals surface area contributed by atoms with Crippen LogP contribution in [0.2, 0.25) is 0 Å². The summed E-state index contributed by atoms with van der Waals surface area (Å²) >= 11 is 0. The van der Waals surface area contributed by atoms with Crippen molar-refractivity contribution < 1.29 is 23.8 Å². The highest BCUT2D eigenvalue weighted by Gasteiger charge is 2.03. The number of ether oxygens (including phenoxy) is 3. The number of benzene rings is 2. The third-order valence-electron chi connectivity index (χ3n) is 2.39. The van der Waals surface area contributed by atoms with E-state index in [0.717, 1.165) is 0 Å². The van der Waals surface area contributed by atoms with Gasteiger partial charge >= 0.3 is 11.9 Å². The molecule has 0 N–H and O–H groups in total. The van der Waals surface area contributed by atoms with Crippen LogP contribution in [0, 0.1) is 0 Å². The number of hydrogen-bond donors (Lipinski definition) is 0. The summed E-state index contributed by atoms with van der Waals surface area (Å²) in [5.74, 6) is 1.20. The molecule has 0 amide bonds. The van der Waals surface area contributed by atoms with Crippen molar-refractivity contribution in [3.63, 3.8) is 0 Å². The van der Waals surface area contributed by atoms with Crippen molar-refractivity contribution in [2.75, 3.05) is 0 Å². The Kier molecular flexibility index (Phi) is 4.56. The largest absolute Gasteiger partial charge is 0.457 e. The highest BCUT2D eigenvalue weighted by molar-refractivity contribution is 5.69. The van der Waals surface area contributed by atoms with Gasteiger partial charge in [-0.25, -0.2) is 0 Å². The Labute approximate surface area is 122 Å². The summed E-state index contributed by atoms with van der Waals surface area (Å²) in [6.45, 7) is 2.67. The molecule has 2 rings (SSSR count). The van der Waals surface area contributed by atoms with Gasteiger partial charge in [0.05, 0.1) is 0 Å². The van der Waals surface area contributed by atoms with Crippen LogP contribution < -0.4 is 14.2 Å². The molecule has 0 saturated carbocycles. The lowest BCUT2D eigenvalue weighted by Crippen LogP contribution is -2.01. The molecular formula is C16H14O5. The van der Waals surface area contributed by atoms with Gasteiger partial charge in [-0.2, -0.15) is 0 Å². The second kappa shape index (κ2) is 6.56. The zero-order chi connectivity index (χ0) is 15.2. The van der Waals surface area contributed by atoms with Crippen LogP contribution in [-0.2, 0) is 9.59 Å². The van der Waals surface area contributed by atoms with Crippen molar-refractivity contribution in [2.45, 2.75) is 13.8 Å². The fourth-order valence-electron chi connectivity index (χ4n) is 1.64. The SMILES string of the molecule is CC(=O)Oc1ccc(Oc2cccc(OC(C)=O)c2)cc1. The molecule has 0 radical (unpaired) electrons. The van der Waals surface area contributed by atoms with E-state index in [4.69, 9.17) is 14.2 Å². The molecule has 0 aliphatic carbocycles. The molecule has 0 heterocycles. The minimum absolute atomic E-state index is 0.377. The summed E-state index contributed by atoms with van der Waals surface area (Å²) in [5, 5.41) is 0. The van der Waals surface area contributed by atoms with E-state index in [1.807, 2.05) is 0 Å². The summed E-state index contributed by atoms with van der Waals surface area (Å²) in [6, 6.07) is 13.4. The van der Waals surface area contributed by atoms with Crippen LogP contribution in [0.25, 0.3) is 0 Å². The van der Waals surface area contributed by atoms with Crippen molar-refractivity contribution in [1.29, 1.82) is 0 Å². The number of carbonyl (C=O) groups excluding carboxylic acids is 2. The Hall–Kier alpha value is -2.82. The van der Waals surface area contributed by atoms with Gasteiger partial charge in [0.2, 0.25) is 0 Å². The molecule has 0 aromatic heterocycles. The molecule has 0 aliphatic rings. The zero-order valence-electron chi connectivity index (χ0n) is 11.7. The average molecular weight is 286 g/mol. The smallest absolute Gasteiger partial charge is 0.308 e. The summed E-state index contributed by atoms with van der Waals surface area (Å²) in [6.07, 6.45) is 0. The van der Waals surface area contributed by atoms with Gasteiger partial charge < -0.3 is 14.2 Å². The molecule has 0 fully saturated rings. The van der Waals surface area contributed by atoms with Gasteiger partial charge in [0.25, 0.3) is 0 Å². The van der Waals surface area contributed by atoms with E-state index in [9.17, 15) is 9.59 Å². The highest BCUT2D eigenvalue weighted by atomic mass is 16.5. The lowest BCUT2D eigenvalue weighted by Gasteiger charge is -2.08. The van der Waals surface area contributed by atoms with Crippen molar-refractivity contribution in [3.05, 3.63) is 48.5 Å². The van der Waals surface area contributed by atoms with Crippen LogP contribution in [0.15, 0.2) is 48.5 Å². The number of hydrogen-bond acceptors (Lipinski definition) is 5. The number of rotatable bonds is 4. The van der Waals surface area contributed by atoms with E-state index in [1.54, 1.807) is 48.5 Å². The fourth-order valence-corrected chi connectivity index (χ4v) is 1.64. The molecule has 0 saturated heterocycles. The Balaban J connectivity index is 2.07. The molecule has 108 valence electrons. The van der Waals surface area contributed by atoms with Gasteiger partial charge in [-0.05, 0) is 36.4 Å². The minimum Gasteiger partial charge on any atom is -0.457 e. The minimum atomic E-state index is -0.391.